The van der Waals surface area contributed by atoms with E-state index in [1.54, 1.807) is 6.07 Å². The zero-order chi connectivity index (χ0) is 11.5. The molecule has 0 amide bonds. The van der Waals surface area contributed by atoms with Gasteiger partial charge >= 0.3 is 0 Å². The molecule has 0 radical (unpaired) electrons. The number of hydrogen-bond donors (Lipinski definition) is 2. The first-order valence-electron chi connectivity index (χ1n) is 5.60. The molecule has 2 rings (SSSR count). The lowest BCUT2D eigenvalue weighted by molar-refractivity contribution is 0.228. The average molecular weight is 243 g/mol. The smallest absolute Gasteiger partial charge is 0.142 e. The standard InChI is InChI=1S/C12H16ClFN2/c13-10-5-4-8(6-11(10)14)7-12(16-15)9-2-1-3-9/h4-6,9,12,16H,1-3,7,15H2. The van der Waals surface area contributed by atoms with Crippen molar-refractivity contribution >= 4 is 11.6 Å². The lowest BCUT2D eigenvalue weighted by Crippen LogP contribution is -2.44. The number of nitrogens with two attached hydrogens (primary N) is 1. The molecule has 0 aromatic heterocycles. The van der Waals surface area contributed by atoms with Gasteiger partial charge < -0.3 is 0 Å². The zero-order valence-electron chi connectivity index (χ0n) is 9.05. The molecule has 3 N–H and O–H groups in total. The first-order chi connectivity index (χ1) is 7.70. The summed E-state index contributed by atoms with van der Waals surface area (Å²) in [6, 6.07) is 5.19. The van der Waals surface area contributed by atoms with E-state index in [0.29, 0.717) is 5.92 Å². The monoisotopic (exact) mass is 242 g/mol. The van der Waals surface area contributed by atoms with Crippen LogP contribution in [0.3, 0.4) is 0 Å². The van der Waals surface area contributed by atoms with Crippen molar-refractivity contribution in [3.05, 3.63) is 34.6 Å². The maximum absolute atomic E-state index is 13.2. The molecule has 0 aliphatic heterocycles. The fraction of sp³-hybridized carbons (Fsp3) is 0.500. The average Bonchev–Trinajstić information content (AvgIpc) is 2.20. The highest BCUT2D eigenvalue weighted by molar-refractivity contribution is 6.30. The summed E-state index contributed by atoms with van der Waals surface area (Å²) in [4.78, 5) is 0. The Hall–Kier alpha value is -0.640. The molecule has 1 aromatic rings. The first-order valence-corrected chi connectivity index (χ1v) is 5.98. The molecule has 16 heavy (non-hydrogen) atoms. The summed E-state index contributed by atoms with van der Waals surface area (Å²) in [6.45, 7) is 0. The van der Waals surface area contributed by atoms with Gasteiger partial charge in [-0.15, -0.1) is 0 Å². The van der Waals surface area contributed by atoms with E-state index in [2.05, 4.69) is 5.43 Å². The zero-order valence-corrected chi connectivity index (χ0v) is 9.80. The lowest BCUT2D eigenvalue weighted by Gasteiger charge is -2.33. The normalized spacial score (nSPS) is 18.2. The summed E-state index contributed by atoms with van der Waals surface area (Å²) in [6.07, 6.45) is 4.46. The molecule has 0 saturated heterocycles. The van der Waals surface area contributed by atoms with Gasteiger partial charge in [0, 0.05) is 6.04 Å². The molecular weight excluding hydrogens is 227 g/mol. The van der Waals surface area contributed by atoms with Crippen molar-refractivity contribution in [2.24, 2.45) is 11.8 Å². The van der Waals surface area contributed by atoms with Gasteiger partial charge in [-0.05, 0) is 42.9 Å². The van der Waals surface area contributed by atoms with Gasteiger partial charge in [0.15, 0.2) is 0 Å². The number of hydrogen-bond acceptors (Lipinski definition) is 2. The van der Waals surface area contributed by atoms with E-state index < -0.39 is 0 Å². The van der Waals surface area contributed by atoms with Crippen molar-refractivity contribution in [3.8, 4) is 0 Å². The summed E-state index contributed by atoms with van der Waals surface area (Å²) in [5.41, 5.74) is 3.77. The van der Waals surface area contributed by atoms with Crippen LogP contribution in [0, 0.1) is 11.7 Å². The maximum atomic E-state index is 13.2. The largest absolute Gasteiger partial charge is 0.271 e. The van der Waals surface area contributed by atoms with Crippen molar-refractivity contribution in [1.82, 2.24) is 5.43 Å². The minimum atomic E-state index is -0.358. The fourth-order valence-electron chi connectivity index (χ4n) is 2.12. The van der Waals surface area contributed by atoms with Gasteiger partial charge in [-0.3, -0.25) is 11.3 Å². The number of hydrazine groups is 1. The highest BCUT2D eigenvalue weighted by atomic mass is 35.5. The van der Waals surface area contributed by atoms with E-state index in [1.165, 1.54) is 25.3 Å². The second-order valence-corrected chi connectivity index (χ2v) is 4.82. The minimum Gasteiger partial charge on any atom is -0.271 e. The molecule has 1 fully saturated rings. The van der Waals surface area contributed by atoms with Crippen LogP contribution in [0.2, 0.25) is 5.02 Å². The minimum absolute atomic E-state index is 0.171. The van der Waals surface area contributed by atoms with Crippen LogP contribution in [-0.2, 0) is 6.42 Å². The van der Waals surface area contributed by atoms with E-state index >= 15 is 0 Å². The van der Waals surface area contributed by atoms with Crippen LogP contribution in [0.1, 0.15) is 24.8 Å². The lowest BCUT2D eigenvalue weighted by atomic mass is 9.78. The Labute approximate surface area is 99.9 Å². The number of rotatable bonds is 4. The van der Waals surface area contributed by atoms with Crippen molar-refractivity contribution in [2.45, 2.75) is 31.7 Å². The molecule has 0 heterocycles. The summed E-state index contributed by atoms with van der Waals surface area (Å²) >= 11 is 5.64. The summed E-state index contributed by atoms with van der Waals surface area (Å²) in [7, 11) is 0. The van der Waals surface area contributed by atoms with Gasteiger partial charge in [-0.25, -0.2) is 4.39 Å². The van der Waals surface area contributed by atoms with E-state index in [1.807, 2.05) is 6.07 Å². The predicted octanol–water partition coefficient (Wildman–Crippen LogP) is 2.65. The molecule has 1 atom stereocenters. The van der Waals surface area contributed by atoms with E-state index in [-0.39, 0.29) is 16.9 Å². The Morgan fingerprint density at radius 3 is 2.75 bits per heavy atom. The van der Waals surface area contributed by atoms with Gasteiger partial charge in [0.05, 0.1) is 5.02 Å². The summed E-state index contributed by atoms with van der Waals surface area (Å²) < 4.78 is 13.2. The Morgan fingerprint density at radius 2 is 2.25 bits per heavy atom. The fourth-order valence-corrected chi connectivity index (χ4v) is 2.24. The molecule has 0 spiro atoms. The SMILES string of the molecule is NNC(Cc1ccc(Cl)c(F)c1)C1CCC1. The Bertz CT molecular complexity index is 366. The first kappa shape index (κ1) is 11.8. The summed E-state index contributed by atoms with van der Waals surface area (Å²) in [5, 5.41) is 0.171. The number of nitrogens with one attached hydrogen (secondary N) is 1. The maximum Gasteiger partial charge on any atom is 0.142 e. The van der Waals surface area contributed by atoms with Gasteiger partial charge in [-0.2, -0.15) is 0 Å². The number of benzene rings is 1. The molecule has 1 unspecified atom stereocenters. The van der Waals surface area contributed by atoms with Crippen LogP contribution in [0.4, 0.5) is 4.39 Å². The molecule has 1 aliphatic carbocycles. The van der Waals surface area contributed by atoms with Gasteiger partial charge in [0.1, 0.15) is 5.82 Å². The summed E-state index contributed by atoms with van der Waals surface area (Å²) in [5.74, 6) is 5.80. The Kier molecular flexibility index (Phi) is 3.79. The van der Waals surface area contributed by atoms with E-state index in [4.69, 9.17) is 17.4 Å². The van der Waals surface area contributed by atoms with Crippen LogP contribution < -0.4 is 11.3 Å². The van der Waals surface area contributed by atoms with Crippen molar-refractivity contribution < 1.29 is 4.39 Å². The molecule has 88 valence electrons. The highest BCUT2D eigenvalue weighted by Gasteiger charge is 2.26. The predicted molar refractivity (Wildman–Crippen MR) is 63.6 cm³/mol. The van der Waals surface area contributed by atoms with Crippen LogP contribution in [0.5, 0.6) is 0 Å². The van der Waals surface area contributed by atoms with Crippen LogP contribution in [0.15, 0.2) is 18.2 Å². The Balaban J connectivity index is 2.03. The molecule has 0 bridgehead atoms. The Morgan fingerprint density at radius 1 is 1.50 bits per heavy atom. The van der Waals surface area contributed by atoms with Gasteiger partial charge in [0.2, 0.25) is 0 Å². The number of halogens is 2. The molecule has 1 aliphatic rings. The molecule has 1 aromatic carbocycles. The van der Waals surface area contributed by atoms with Crippen LogP contribution in [0.25, 0.3) is 0 Å². The second kappa shape index (κ2) is 5.13. The highest BCUT2D eigenvalue weighted by Crippen LogP contribution is 2.31. The quantitative estimate of drug-likeness (QED) is 0.629. The van der Waals surface area contributed by atoms with Gasteiger partial charge in [0.25, 0.3) is 0 Å². The van der Waals surface area contributed by atoms with Crippen molar-refractivity contribution in [2.75, 3.05) is 0 Å². The molecule has 2 nitrogen and oxygen atoms in total. The second-order valence-electron chi connectivity index (χ2n) is 4.42. The third kappa shape index (κ3) is 2.54. The van der Waals surface area contributed by atoms with E-state index in [0.717, 1.165) is 12.0 Å². The third-order valence-electron chi connectivity index (χ3n) is 3.37. The topological polar surface area (TPSA) is 38.0 Å². The van der Waals surface area contributed by atoms with Gasteiger partial charge in [-0.1, -0.05) is 24.1 Å². The molecule has 1 saturated carbocycles. The van der Waals surface area contributed by atoms with Crippen LogP contribution in [-0.4, -0.2) is 6.04 Å². The third-order valence-corrected chi connectivity index (χ3v) is 3.68. The van der Waals surface area contributed by atoms with Crippen LogP contribution >= 0.6 is 11.6 Å². The van der Waals surface area contributed by atoms with Crippen molar-refractivity contribution in [1.29, 1.82) is 0 Å². The molecular formula is C12H16ClFN2. The van der Waals surface area contributed by atoms with E-state index in [9.17, 15) is 4.39 Å². The van der Waals surface area contributed by atoms with Crippen molar-refractivity contribution in [3.63, 3.8) is 0 Å². The molecule has 4 heteroatoms.